The zero-order chi connectivity index (χ0) is 15.4. The molecule has 1 aromatic carbocycles. The Bertz CT molecular complexity index is 639. The molecule has 0 aliphatic carbocycles. The average molecular weight is 286 g/mol. The third-order valence-electron chi connectivity index (χ3n) is 3.34. The molecule has 21 heavy (non-hydrogen) atoms. The summed E-state index contributed by atoms with van der Waals surface area (Å²) in [6.07, 6.45) is 3.50. The number of aromatic nitrogens is 1. The molecule has 5 nitrogen and oxygen atoms in total. The minimum atomic E-state index is 0.000394. The summed E-state index contributed by atoms with van der Waals surface area (Å²) in [6, 6.07) is 5.78. The maximum absolute atomic E-state index is 11.9. The van der Waals surface area contributed by atoms with Crippen LogP contribution in [0.1, 0.15) is 13.8 Å². The van der Waals surface area contributed by atoms with E-state index in [1.165, 1.54) is 0 Å². The van der Waals surface area contributed by atoms with Crippen LogP contribution in [-0.2, 0) is 4.79 Å². The molecule has 1 aromatic heterocycles. The Hall–Kier alpha value is -2.30. The third-order valence-corrected chi connectivity index (χ3v) is 3.34. The van der Waals surface area contributed by atoms with E-state index in [1.807, 2.05) is 30.1 Å². The summed E-state index contributed by atoms with van der Waals surface area (Å²) in [5.41, 5.74) is 7.75. The molecule has 0 unspecified atom stereocenters. The third kappa shape index (κ3) is 3.62. The van der Waals surface area contributed by atoms with Crippen molar-refractivity contribution in [2.75, 3.05) is 30.8 Å². The van der Waals surface area contributed by atoms with Crippen LogP contribution < -0.4 is 16.0 Å². The number of hydrogen-bond donors (Lipinski definition) is 2. The lowest BCUT2D eigenvalue weighted by Crippen LogP contribution is -2.37. The predicted octanol–water partition coefficient (Wildman–Crippen LogP) is 2.03. The number of nitrogens with two attached hydrogens (primary N) is 1. The van der Waals surface area contributed by atoms with Crippen LogP contribution in [0.4, 0.5) is 11.4 Å². The summed E-state index contributed by atoms with van der Waals surface area (Å²) in [4.78, 5) is 17.9. The predicted molar refractivity (Wildman–Crippen MR) is 87.3 cm³/mol. The minimum Gasteiger partial charge on any atom is -0.397 e. The van der Waals surface area contributed by atoms with Crippen LogP contribution in [0.25, 0.3) is 10.8 Å². The van der Waals surface area contributed by atoms with Gasteiger partial charge in [0.2, 0.25) is 5.91 Å². The van der Waals surface area contributed by atoms with Crippen molar-refractivity contribution in [1.29, 1.82) is 0 Å². The highest BCUT2D eigenvalue weighted by Gasteiger charge is 2.12. The van der Waals surface area contributed by atoms with Gasteiger partial charge in [-0.25, -0.2) is 0 Å². The molecular formula is C16H22N4O. The molecule has 0 aliphatic rings. The SMILES string of the molecule is CC(C)CNC(=O)CN(C)c1ccc2cnccc2c1N. The van der Waals surface area contributed by atoms with Crippen molar-refractivity contribution < 1.29 is 4.79 Å². The van der Waals surface area contributed by atoms with Crippen LogP contribution in [0, 0.1) is 5.92 Å². The van der Waals surface area contributed by atoms with Gasteiger partial charge < -0.3 is 16.0 Å². The first kappa shape index (κ1) is 15.1. The van der Waals surface area contributed by atoms with Gasteiger partial charge in [0.15, 0.2) is 0 Å². The van der Waals surface area contributed by atoms with Crippen molar-refractivity contribution in [2.24, 2.45) is 5.92 Å². The first-order chi connectivity index (χ1) is 9.99. The number of anilines is 2. The van der Waals surface area contributed by atoms with Gasteiger partial charge in [-0.3, -0.25) is 9.78 Å². The second-order valence-electron chi connectivity index (χ2n) is 5.65. The number of likely N-dealkylation sites (N-methyl/N-ethyl adjacent to an activating group) is 1. The number of carbonyl (C=O) groups excluding carboxylic acids is 1. The molecule has 0 saturated carbocycles. The lowest BCUT2D eigenvalue weighted by molar-refractivity contribution is -0.119. The lowest BCUT2D eigenvalue weighted by atomic mass is 10.1. The van der Waals surface area contributed by atoms with Crippen molar-refractivity contribution in [3.05, 3.63) is 30.6 Å². The van der Waals surface area contributed by atoms with Gasteiger partial charge in [-0.2, -0.15) is 0 Å². The molecule has 3 N–H and O–H groups in total. The number of hydrogen-bond acceptors (Lipinski definition) is 4. The second kappa shape index (κ2) is 6.43. The molecule has 1 heterocycles. The van der Waals surface area contributed by atoms with Gasteiger partial charge >= 0.3 is 0 Å². The van der Waals surface area contributed by atoms with E-state index in [2.05, 4.69) is 24.1 Å². The maximum atomic E-state index is 11.9. The van der Waals surface area contributed by atoms with Crippen LogP contribution in [0.5, 0.6) is 0 Å². The summed E-state index contributed by atoms with van der Waals surface area (Å²) >= 11 is 0. The molecule has 0 bridgehead atoms. The van der Waals surface area contributed by atoms with Crippen LogP contribution in [0.3, 0.4) is 0 Å². The lowest BCUT2D eigenvalue weighted by Gasteiger charge is -2.21. The average Bonchev–Trinajstić information content (AvgIpc) is 2.45. The van der Waals surface area contributed by atoms with Crippen LogP contribution in [0.2, 0.25) is 0 Å². The Labute approximate surface area is 125 Å². The highest BCUT2D eigenvalue weighted by Crippen LogP contribution is 2.30. The summed E-state index contributed by atoms with van der Waals surface area (Å²) in [5, 5.41) is 4.86. The first-order valence-corrected chi connectivity index (χ1v) is 7.09. The zero-order valence-corrected chi connectivity index (χ0v) is 12.8. The molecule has 0 fully saturated rings. The Kier molecular flexibility index (Phi) is 4.62. The Morgan fingerprint density at radius 2 is 2.14 bits per heavy atom. The number of nitrogens with one attached hydrogen (secondary N) is 1. The number of nitrogens with zero attached hydrogens (tertiary/aromatic N) is 2. The van der Waals surface area contributed by atoms with E-state index in [4.69, 9.17) is 5.73 Å². The number of nitrogen functional groups attached to an aromatic ring is 1. The van der Waals surface area contributed by atoms with Gasteiger partial charge in [0.1, 0.15) is 0 Å². The van der Waals surface area contributed by atoms with E-state index in [1.54, 1.807) is 12.4 Å². The normalized spacial score (nSPS) is 10.9. The molecule has 1 amide bonds. The second-order valence-corrected chi connectivity index (χ2v) is 5.65. The van der Waals surface area contributed by atoms with Crippen LogP contribution in [0.15, 0.2) is 30.6 Å². The van der Waals surface area contributed by atoms with Crippen LogP contribution in [-0.4, -0.2) is 31.0 Å². The Morgan fingerprint density at radius 3 is 2.86 bits per heavy atom. The fraction of sp³-hybridized carbons (Fsp3) is 0.375. The molecule has 0 radical (unpaired) electrons. The van der Waals surface area contributed by atoms with Crippen molar-refractivity contribution in [2.45, 2.75) is 13.8 Å². The number of benzene rings is 1. The van der Waals surface area contributed by atoms with Crippen molar-refractivity contribution in [3.63, 3.8) is 0 Å². The van der Waals surface area contributed by atoms with Gasteiger partial charge in [0, 0.05) is 36.8 Å². The smallest absolute Gasteiger partial charge is 0.239 e. The highest BCUT2D eigenvalue weighted by atomic mass is 16.2. The summed E-state index contributed by atoms with van der Waals surface area (Å²) in [6.45, 7) is 5.11. The van der Waals surface area contributed by atoms with E-state index in [0.717, 1.165) is 16.5 Å². The molecule has 5 heteroatoms. The van der Waals surface area contributed by atoms with Crippen molar-refractivity contribution in [1.82, 2.24) is 10.3 Å². The van der Waals surface area contributed by atoms with Gasteiger partial charge in [0.25, 0.3) is 0 Å². The fourth-order valence-electron chi connectivity index (χ4n) is 2.19. The standard InChI is InChI=1S/C16H22N4O/c1-11(2)8-19-15(21)10-20(3)14-5-4-12-9-18-7-6-13(12)16(14)17/h4-7,9,11H,8,10,17H2,1-3H3,(H,19,21). The van der Waals surface area contributed by atoms with Gasteiger partial charge in [0.05, 0.1) is 17.9 Å². The highest BCUT2D eigenvalue weighted by molar-refractivity contribution is 5.99. The van der Waals surface area contributed by atoms with Gasteiger partial charge in [-0.15, -0.1) is 0 Å². The van der Waals surface area contributed by atoms with E-state index >= 15 is 0 Å². The van der Waals surface area contributed by atoms with E-state index in [-0.39, 0.29) is 12.5 Å². The summed E-state index contributed by atoms with van der Waals surface area (Å²) < 4.78 is 0. The monoisotopic (exact) mass is 286 g/mol. The van der Waals surface area contributed by atoms with E-state index < -0.39 is 0 Å². The topological polar surface area (TPSA) is 71.2 Å². The minimum absolute atomic E-state index is 0.000394. The molecule has 2 aromatic rings. The molecule has 0 spiro atoms. The van der Waals surface area contributed by atoms with Crippen LogP contribution >= 0.6 is 0 Å². The van der Waals surface area contributed by atoms with Gasteiger partial charge in [-0.1, -0.05) is 19.9 Å². The summed E-state index contributed by atoms with van der Waals surface area (Å²) in [5.74, 6) is 0.443. The number of carbonyl (C=O) groups is 1. The zero-order valence-electron chi connectivity index (χ0n) is 12.8. The van der Waals surface area contributed by atoms with Crippen molar-refractivity contribution >= 4 is 28.1 Å². The quantitative estimate of drug-likeness (QED) is 0.825. The Morgan fingerprint density at radius 1 is 1.38 bits per heavy atom. The molecule has 0 atom stereocenters. The number of rotatable bonds is 5. The fourth-order valence-corrected chi connectivity index (χ4v) is 2.19. The largest absolute Gasteiger partial charge is 0.397 e. The Balaban J connectivity index is 2.14. The van der Waals surface area contributed by atoms with E-state index in [9.17, 15) is 4.79 Å². The van der Waals surface area contributed by atoms with Crippen molar-refractivity contribution in [3.8, 4) is 0 Å². The molecular weight excluding hydrogens is 264 g/mol. The number of fused-ring (bicyclic) bond motifs is 1. The molecule has 0 aliphatic heterocycles. The summed E-state index contributed by atoms with van der Waals surface area (Å²) in [7, 11) is 1.87. The maximum Gasteiger partial charge on any atom is 0.239 e. The molecule has 0 saturated heterocycles. The number of pyridine rings is 1. The number of amides is 1. The van der Waals surface area contributed by atoms with E-state index in [0.29, 0.717) is 18.2 Å². The van der Waals surface area contributed by atoms with Gasteiger partial charge in [-0.05, 0) is 18.1 Å². The molecule has 2 rings (SSSR count). The first-order valence-electron chi connectivity index (χ1n) is 7.09. The molecule has 112 valence electrons.